The van der Waals surface area contributed by atoms with Crippen LogP contribution >= 0.6 is 27.3 Å². The fourth-order valence-electron chi connectivity index (χ4n) is 2.57. The zero-order valence-corrected chi connectivity index (χ0v) is 14.5. The van der Waals surface area contributed by atoms with Gasteiger partial charge in [-0.2, -0.15) is 0 Å². The summed E-state index contributed by atoms with van der Waals surface area (Å²) in [6.07, 6.45) is 2.80. The first-order valence-electron chi connectivity index (χ1n) is 6.90. The molecule has 0 unspecified atom stereocenters. The Morgan fingerprint density at radius 1 is 1.52 bits per heavy atom. The molecule has 1 fully saturated rings. The smallest absolute Gasteiger partial charge is 0.245 e. The summed E-state index contributed by atoms with van der Waals surface area (Å²) in [5, 5.41) is 2.05. The van der Waals surface area contributed by atoms with Gasteiger partial charge in [0.1, 0.15) is 0 Å². The Kier molecular flexibility index (Phi) is 5.58. The highest BCUT2D eigenvalue weighted by molar-refractivity contribution is 9.11. The fourth-order valence-corrected chi connectivity index (χ4v) is 3.77. The molecule has 0 radical (unpaired) electrons. The van der Waals surface area contributed by atoms with Crippen molar-refractivity contribution in [1.82, 2.24) is 9.80 Å². The number of hydrogen-bond donors (Lipinski definition) is 0. The highest BCUT2D eigenvalue weighted by atomic mass is 79.9. The van der Waals surface area contributed by atoms with Crippen molar-refractivity contribution in [2.75, 3.05) is 20.1 Å². The minimum atomic E-state index is -0.0441. The minimum absolute atomic E-state index is 0.0194. The highest BCUT2D eigenvalue weighted by Crippen LogP contribution is 2.23. The molecule has 21 heavy (non-hydrogen) atoms. The number of carbonyl (C=O) groups excluding carboxylic acids is 2. The van der Waals surface area contributed by atoms with E-state index in [9.17, 15) is 9.59 Å². The van der Waals surface area contributed by atoms with E-state index in [1.165, 1.54) is 6.08 Å². The van der Waals surface area contributed by atoms with E-state index in [0.29, 0.717) is 19.6 Å². The number of likely N-dealkylation sites (tertiary alicyclic amines) is 1. The third-order valence-electron chi connectivity index (χ3n) is 3.75. The summed E-state index contributed by atoms with van der Waals surface area (Å²) in [5.41, 5.74) is 1.14. The molecule has 0 spiro atoms. The third kappa shape index (κ3) is 4.17. The van der Waals surface area contributed by atoms with Crippen LogP contribution in [0.25, 0.3) is 0 Å². The summed E-state index contributed by atoms with van der Waals surface area (Å²) in [6, 6.07) is 2.04. The molecule has 1 aliphatic rings. The van der Waals surface area contributed by atoms with Crippen LogP contribution < -0.4 is 0 Å². The maximum absolute atomic E-state index is 12.4. The van der Waals surface area contributed by atoms with Gasteiger partial charge in [-0.1, -0.05) is 6.58 Å². The molecule has 4 nitrogen and oxygen atoms in total. The zero-order valence-electron chi connectivity index (χ0n) is 12.0. The van der Waals surface area contributed by atoms with Gasteiger partial charge in [0.15, 0.2) is 0 Å². The van der Waals surface area contributed by atoms with Crippen LogP contribution in [-0.4, -0.2) is 41.8 Å². The van der Waals surface area contributed by atoms with E-state index in [2.05, 4.69) is 27.9 Å². The SMILES string of the molecule is C=CC(=O)N1CCC(C(=O)N(C)Cc2csc(Br)c2)CC1. The van der Waals surface area contributed by atoms with Crippen LogP contribution in [0.5, 0.6) is 0 Å². The molecule has 0 saturated carbocycles. The minimum Gasteiger partial charge on any atom is -0.341 e. The Morgan fingerprint density at radius 2 is 2.19 bits per heavy atom. The molecule has 0 N–H and O–H groups in total. The van der Waals surface area contributed by atoms with E-state index in [4.69, 9.17) is 0 Å². The predicted octanol–water partition coefficient (Wildman–Crippen LogP) is 2.89. The monoisotopic (exact) mass is 370 g/mol. The molecular weight excluding hydrogens is 352 g/mol. The third-order valence-corrected chi connectivity index (χ3v) is 5.30. The van der Waals surface area contributed by atoms with Gasteiger partial charge in [0.05, 0.1) is 3.79 Å². The first-order valence-corrected chi connectivity index (χ1v) is 8.57. The van der Waals surface area contributed by atoms with Crippen LogP contribution in [0, 0.1) is 5.92 Å². The zero-order chi connectivity index (χ0) is 15.4. The molecule has 0 aliphatic carbocycles. The number of hydrogen-bond acceptors (Lipinski definition) is 3. The van der Waals surface area contributed by atoms with Crippen LogP contribution in [0.4, 0.5) is 0 Å². The molecule has 1 saturated heterocycles. The highest BCUT2D eigenvalue weighted by Gasteiger charge is 2.28. The Bertz CT molecular complexity index is 536. The molecular formula is C15H19BrN2O2S. The Balaban J connectivity index is 1.86. The van der Waals surface area contributed by atoms with E-state index in [-0.39, 0.29) is 17.7 Å². The summed E-state index contributed by atoms with van der Waals surface area (Å²) in [5.74, 6) is 0.145. The van der Waals surface area contributed by atoms with Gasteiger partial charge in [0, 0.05) is 32.6 Å². The average Bonchev–Trinajstić information content (AvgIpc) is 2.90. The van der Waals surface area contributed by atoms with Gasteiger partial charge in [0.25, 0.3) is 0 Å². The standard InChI is InChI=1S/C15H19BrN2O2S/c1-3-14(19)18-6-4-12(5-7-18)15(20)17(2)9-11-8-13(16)21-10-11/h3,8,10,12H,1,4-7,9H2,2H3. The van der Waals surface area contributed by atoms with Gasteiger partial charge in [-0.15, -0.1) is 11.3 Å². The van der Waals surface area contributed by atoms with Gasteiger partial charge in [-0.3, -0.25) is 9.59 Å². The summed E-state index contributed by atoms with van der Waals surface area (Å²) >= 11 is 5.06. The lowest BCUT2D eigenvalue weighted by Gasteiger charge is -2.32. The summed E-state index contributed by atoms with van der Waals surface area (Å²) in [7, 11) is 1.84. The molecule has 0 atom stereocenters. The molecule has 2 amide bonds. The van der Waals surface area contributed by atoms with Crippen molar-refractivity contribution < 1.29 is 9.59 Å². The van der Waals surface area contributed by atoms with Gasteiger partial charge >= 0.3 is 0 Å². The van der Waals surface area contributed by atoms with Crippen LogP contribution in [0.15, 0.2) is 27.9 Å². The fraction of sp³-hybridized carbons (Fsp3) is 0.467. The summed E-state index contributed by atoms with van der Waals surface area (Å²) < 4.78 is 1.08. The predicted molar refractivity (Wildman–Crippen MR) is 88.0 cm³/mol. The van der Waals surface area contributed by atoms with Crippen molar-refractivity contribution in [2.45, 2.75) is 19.4 Å². The number of thiophene rings is 1. The second-order valence-corrected chi connectivity index (χ2v) is 7.55. The Labute approximate surface area is 137 Å². The van der Waals surface area contributed by atoms with E-state index in [1.807, 2.05) is 13.1 Å². The number of carbonyl (C=O) groups is 2. The lowest BCUT2D eigenvalue weighted by Crippen LogP contribution is -2.42. The van der Waals surface area contributed by atoms with E-state index >= 15 is 0 Å². The molecule has 0 bridgehead atoms. The largest absolute Gasteiger partial charge is 0.341 e. The first-order chi connectivity index (χ1) is 10.0. The second-order valence-electron chi connectivity index (χ2n) is 5.26. The lowest BCUT2D eigenvalue weighted by atomic mass is 9.95. The molecule has 2 rings (SSSR count). The van der Waals surface area contributed by atoms with Crippen molar-refractivity contribution in [3.8, 4) is 0 Å². The van der Waals surface area contributed by atoms with Crippen LogP contribution in [0.2, 0.25) is 0 Å². The number of amides is 2. The van der Waals surface area contributed by atoms with Crippen molar-refractivity contribution in [3.05, 3.63) is 33.5 Å². The number of halogens is 1. The first kappa shape index (κ1) is 16.2. The topological polar surface area (TPSA) is 40.6 Å². The lowest BCUT2D eigenvalue weighted by molar-refractivity contribution is -0.138. The molecule has 1 aliphatic heterocycles. The molecule has 114 valence electrons. The molecule has 1 aromatic rings. The summed E-state index contributed by atoms with van der Waals surface area (Å²) in [6.45, 7) is 5.41. The quantitative estimate of drug-likeness (QED) is 0.764. The van der Waals surface area contributed by atoms with Crippen LogP contribution in [-0.2, 0) is 16.1 Å². The van der Waals surface area contributed by atoms with Crippen LogP contribution in [0.1, 0.15) is 18.4 Å². The van der Waals surface area contributed by atoms with Crippen LogP contribution in [0.3, 0.4) is 0 Å². The normalized spacial score (nSPS) is 15.8. The summed E-state index contributed by atoms with van der Waals surface area (Å²) in [4.78, 5) is 27.5. The van der Waals surface area contributed by atoms with Crippen molar-refractivity contribution in [3.63, 3.8) is 0 Å². The Hall–Kier alpha value is -1.14. The molecule has 6 heteroatoms. The van der Waals surface area contributed by atoms with E-state index < -0.39 is 0 Å². The molecule has 2 heterocycles. The maximum atomic E-state index is 12.4. The molecule has 1 aromatic heterocycles. The van der Waals surface area contributed by atoms with Gasteiger partial charge in [0.2, 0.25) is 11.8 Å². The van der Waals surface area contributed by atoms with Gasteiger partial charge < -0.3 is 9.80 Å². The van der Waals surface area contributed by atoms with Gasteiger partial charge in [-0.05, 0) is 51.9 Å². The van der Waals surface area contributed by atoms with Gasteiger partial charge in [-0.25, -0.2) is 0 Å². The number of nitrogens with zero attached hydrogens (tertiary/aromatic N) is 2. The number of piperidine rings is 1. The second kappa shape index (κ2) is 7.22. The van der Waals surface area contributed by atoms with E-state index in [1.54, 1.807) is 21.1 Å². The number of rotatable bonds is 4. The van der Waals surface area contributed by atoms with Crippen molar-refractivity contribution in [2.24, 2.45) is 5.92 Å². The molecule has 0 aromatic carbocycles. The average molecular weight is 371 g/mol. The Morgan fingerprint density at radius 3 is 2.71 bits per heavy atom. The van der Waals surface area contributed by atoms with Crippen molar-refractivity contribution in [1.29, 1.82) is 0 Å². The van der Waals surface area contributed by atoms with E-state index in [0.717, 1.165) is 22.2 Å². The van der Waals surface area contributed by atoms with Crippen molar-refractivity contribution >= 4 is 39.1 Å². The maximum Gasteiger partial charge on any atom is 0.245 e.